The summed E-state index contributed by atoms with van der Waals surface area (Å²) >= 11 is 0. The van der Waals surface area contributed by atoms with E-state index in [1.807, 2.05) is 12.3 Å². The molecule has 2 fully saturated rings. The predicted molar refractivity (Wildman–Crippen MR) is 76.8 cm³/mol. The van der Waals surface area contributed by atoms with Crippen LogP contribution in [0.5, 0.6) is 0 Å². The summed E-state index contributed by atoms with van der Waals surface area (Å²) in [4.78, 5) is 9.72. The van der Waals surface area contributed by atoms with Gasteiger partial charge in [0, 0.05) is 31.9 Å². The first kappa shape index (κ1) is 13.0. The minimum Gasteiger partial charge on any atom is -0.329 e. The van der Waals surface area contributed by atoms with Gasteiger partial charge in [0.15, 0.2) is 0 Å². The fourth-order valence-electron chi connectivity index (χ4n) is 3.55. The van der Waals surface area contributed by atoms with Gasteiger partial charge in [-0.3, -0.25) is 14.8 Å². The Balaban J connectivity index is 1.75. The molecular formula is C15H24N4. The second-order valence-electron chi connectivity index (χ2n) is 5.69. The van der Waals surface area contributed by atoms with Gasteiger partial charge in [-0.2, -0.15) is 0 Å². The van der Waals surface area contributed by atoms with E-state index < -0.39 is 0 Å². The monoisotopic (exact) mass is 260 g/mol. The second kappa shape index (κ2) is 5.99. The van der Waals surface area contributed by atoms with Crippen molar-refractivity contribution in [1.29, 1.82) is 0 Å². The second-order valence-corrected chi connectivity index (χ2v) is 5.69. The van der Waals surface area contributed by atoms with Crippen molar-refractivity contribution in [3.05, 3.63) is 30.1 Å². The number of hydrogen-bond acceptors (Lipinski definition) is 4. The lowest BCUT2D eigenvalue weighted by Gasteiger charge is -2.31. The van der Waals surface area contributed by atoms with E-state index in [1.54, 1.807) is 0 Å². The molecule has 2 atom stereocenters. The molecule has 19 heavy (non-hydrogen) atoms. The van der Waals surface area contributed by atoms with Crippen LogP contribution in [0.2, 0.25) is 0 Å². The van der Waals surface area contributed by atoms with Crippen LogP contribution in [0, 0.1) is 0 Å². The summed E-state index contributed by atoms with van der Waals surface area (Å²) in [5.41, 5.74) is 7.15. The third-order valence-electron chi connectivity index (χ3n) is 4.53. The number of nitrogens with zero attached hydrogens (tertiary/aromatic N) is 3. The normalized spacial score (nSPS) is 26.9. The summed E-state index contributed by atoms with van der Waals surface area (Å²) < 4.78 is 0. The highest BCUT2D eigenvalue weighted by Gasteiger charge is 2.31. The first-order valence-corrected chi connectivity index (χ1v) is 7.47. The van der Waals surface area contributed by atoms with Crippen LogP contribution in [0.1, 0.15) is 31.0 Å². The van der Waals surface area contributed by atoms with Crippen LogP contribution in [0.4, 0.5) is 0 Å². The Labute approximate surface area is 115 Å². The minimum atomic E-state index is 0.279. The zero-order valence-electron chi connectivity index (χ0n) is 11.5. The average Bonchev–Trinajstić information content (AvgIpc) is 2.79. The molecule has 0 radical (unpaired) electrons. The van der Waals surface area contributed by atoms with Crippen LogP contribution in [-0.2, 0) is 0 Å². The van der Waals surface area contributed by atoms with Crippen molar-refractivity contribution in [2.45, 2.75) is 31.3 Å². The summed E-state index contributed by atoms with van der Waals surface area (Å²) in [6, 6.07) is 7.15. The molecule has 4 heteroatoms. The average molecular weight is 260 g/mol. The number of nitrogens with two attached hydrogens (primary N) is 1. The van der Waals surface area contributed by atoms with Crippen molar-refractivity contribution >= 4 is 0 Å². The molecule has 0 saturated carbocycles. The zero-order chi connectivity index (χ0) is 13.1. The minimum absolute atomic E-state index is 0.279. The molecule has 1 aromatic heterocycles. The number of pyridine rings is 1. The Morgan fingerprint density at radius 3 is 2.95 bits per heavy atom. The predicted octanol–water partition coefficient (Wildman–Crippen LogP) is 1.25. The maximum Gasteiger partial charge on any atom is 0.0645 e. The summed E-state index contributed by atoms with van der Waals surface area (Å²) in [7, 11) is 0. The van der Waals surface area contributed by atoms with Gasteiger partial charge in [-0.1, -0.05) is 6.07 Å². The number of hydrogen-bond donors (Lipinski definition) is 1. The molecule has 2 aliphatic rings. The van der Waals surface area contributed by atoms with Gasteiger partial charge < -0.3 is 5.73 Å². The van der Waals surface area contributed by atoms with Gasteiger partial charge in [0.05, 0.1) is 11.7 Å². The molecule has 0 bridgehead atoms. The van der Waals surface area contributed by atoms with Crippen molar-refractivity contribution in [1.82, 2.24) is 14.8 Å². The van der Waals surface area contributed by atoms with E-state index in [-0.39, 0.29) is 6.04 Å². The maximum absolute atomic E-state index is 6.03. The fourth-order valence-corrected chi connectivity index (χ4v) is 3.55. The Kier molecular flexibility index (Phi) is 4.11. The summed E-state index contributed by atoms with van der Waals surface area (Å²) in [5.74, 6) is 0. The Morgan fingerprint density at radius 2 is 2.16 bits per heavy atom. The van der Waals surface area contributed by atoms with Crippen molar-refractivity contribution in [2.75, 3.05) is 32.7 Å². The first-order chi connectivity index (χ1) is 9.38. The van der Waals surface area contributed by atoms with Crippen molar-refractivity contribution < 1.29 is 0 Å². The Bertz CT molecular complexity index is 394. The van der Waals surface area contributed by atoms with Crippen LogP contribution in [0.15, 0.2) is 24.4 Å². The van der Waals surface area contributed by atoms with Crippen LogP contribution >= 0.6 is 0 Å². The molecule has 1 aromatic rings. The van der Waals surface area contributed by atoms with Crippen LogP contribution < -0.4 is 5.73 Å². The van der Waals surface area contributed by atoms with E-state index >= 15 is 0 Å². The number of aromatic nitrogens is 1. The van der Waals surface area contributed by atoms with Crippen molar-refractivity contribution in [3.8, 4) is 0 Å². The lowest BCUT2D eigenvalue weighted by atomic mass is 10.1. The van der Waals surface area contributed by atoms with Crippen LogP contribution in [-0.4, -0.2) is 53.5 Å². The third kappa shape index (κ3) is 2.81. The molecule has 2 unspecified atom stereocenters. The molecule has 0 aliphatic carbocycles. The van der Waals surface area contributed by atoms with Crippen LogP contribution in [0.3, 0.4) is 0 Å². The van der Waals surface area contributed by atoms with Gasteiger partial charge in [-0.05, 0) is 44.5 Å². The first-order valence-electron chi connectivity index (χ1n) is 7.47. The highest BCUT2D eigenvalue weighted by Crippen LogP contribution is 2.26. The van der Waals surface area contributed by atoms with Gasteiger partial charge in [0.2, 0.25) is 0 Å². The smallest absolute Gasteiger partial charge is 0.0645 e. The molecule has 2 saturated heterocycles. The molecule has 2 aliphatic heterocycles. The highest BCUT2D eigenvalue weighted by atomic mass is 15.3. The van der Waals surface area contributed by atoms with Crippen molar-refractivity contribution in [2.24, 2.45) is 5.73 Å². The zero-order valence-corrected chi connectivity index (χ0v) is 11.5. The van der Waals surface area contributed by atoms with Gasteiger partial charge in [-0.25, -0.2) is 0 Å². The van der Waals surface area contributed by atoms with Gasteiger partial charge in [-0.15, -0.1) is 0 Å². The molecule has 3 rings (SSSR count). The molecule has 4 nitrogen and oxygen atoms in total. The highest BCUT2D eigenvalue weighted by molar-refractivity contribution is 5.10. The fraction of sp³-hybridized carbons (Fsp3) is 0.667. The van der Waals surface area contributed by atoms with Gasteiger partial charge in [0.25, 0.3) is 0 Å². The third-order valence-corrected chi connectivity index (χ3v) is 4.53. The maximum atomic E-state index is 6.03. The largest absolute Gasteiger partial charge is 0.329 e. The van der Waals surface area contributed by atoms with Gasteiger partial charge in [0.1, 0.15) is 0 Å². The van der Waals surface area contributed by atoms with Crippen molar-refractivity contribution in [3.63, 3.8) is 0 Å². The van der Waals surface area contributed by atoms with Gasteiger partial charge >= 0.3 is 0 Å². The molecule has 104 valence electrons. The molecular weight excluding hydrogens is 236 g/mol. The Hall–Kier alpha value is -0.970. The molecule has 2 N–H and O–H groups in total. The SMILES string of the molecule is NCC(c1ccccn1)N1CCCN2CCCC2C1. The molecule has 0 amide bonds. The summed E-state index contributed by atoms with van der Waals surface area (Å²) in [6.45, 7) is 5.49. The summed E-state index contributed by atoms with van der Waals surface area (Å²) in [5, 5.41) is 0. The molecule has 0 aromatic carbocycles. The van der Waals surface area contributed by atoms with E-state index in [9.17, 15) is 0 Å². The van der Waals surface area contributed by atoms with E-state index in [1.165, 1.54) is 32.4 Å². The van der Waals surface area contributed by atoms with E-state index in [0.717, 1.165) is 24.8 Å². The topological polar surface area (TPSA) is 45.4 Å². The van der Waals surface area contributed by atoms with E-state index in [4.69, 9.17) is 5.73 Å². The lowest BCUT2D eigenvalue weighted by molar-refractivity contribution is 0.173. The number of fused-ring (bicyclic) bond motifs is 1. The van der Waals surface area contributed by atoms with Crippen LogP contribution in [0.25, 0.3) is 0 Å². The standard InChI is InChI=1S/C15H24N4/c16-11-15(14-6-1-2-7-17-14)19-10-4-9-18-8-3-5-13(18)12-19/h1-2,6-7,13,15H,3-5,8-12,16H2. The number of rotatable bonds is 3. The van der Waals surface area contributed by atoms with E-state index in [0.29, 0.717) is 6.54 Å². The molecule has 0 spiro atoms. The molecule has 3 heterocycles. The quantitative estimate of drug-likeness (QED) is 0.888. The van der Waals surface area contributed by atoms with E-state index in [2.05, 4.69) is 26.9 Å². The lowest BCUT2D eigenvalue weighted by Crippen LogP contribution is -2.40. The Morgan fingerprint density at radius 1 is 1.26 bits per heavy atom. The summed E-state index contributed by atoms with van der Waals surface area (Å²) in [6.07, 6.45) is 5.82.